The van der Waals surface area contributed by atoms with E-state index in [1.807, 2.05) is 42.6 Å². The summed E-state index contributed by atoms with van der Waals surface area (Å²) in [5.41, 5.74) is 2.46. The van der Waals surface area contributed by atoms with Crippen LogP contribution >= 0.6 is 11.3 Å². The average molecular weight is 299 g/mol. The molecule has 5 nitrogen and oxygen atoms in total. The number of fused-ring (bicyclic) bond motifs is 1. The Labute approximate surface area is 125 Å². The molecular formula is C15H13N3O2S. The molecule has 0 spiro atoms. The molecule has 0 saturated carbocycles. The maximum Gasteiger partial charge on any atom is 0.311 e. The molecule has 0 atom stereocenters. The lowest BCUT2D eigenvalue weighted by Gasteiger charge is -2.09. The lowest BCUT2D eigenvalue weighted by molar-refractivity contribution is -0.384. The van der Waals surface area contributed by atoms with Gasteiger partial charge in [0.05, 0.1) is 10.4 Å². The van der Waals surface area contributed by atoms with Crippen LogP contribution in [-0.4, -0.2) is 9.91 Å². The number of benzene rings is 1. The second-order valence-electron chi connectivity index (χ2n) is 4.67. The summed E-state index contributed by atoms with van der Waals surface area (Å²) in [5.74, 6) is 0. The molecular weight excluding hydrogens is 286 g/mol. The number of nitrogens with one attached hydrogen (secondary N) is 1. The van der Waals surface area contributed by atoms with Crippen molar-refractivity contribution in [1.29, 1.82) is 0 Å². The molecule has 0 aliphatic heterocycles. The van der Waals surface area contributed by atoms with Crippen LogP contribution in [0, 0.1) is 17.0 Å². The third-order valence-corrected chi connectivity index (χ3v) is 4.37. The number of pyridine rings is 1. The van der Waals surface area contributed by atoms with E-state index in [4.69, 9.17) is 0 Å². The first-order chi connectivity index (χ1) is 10.2. The first-order valence-electron chi connectivity index (χ1n) is 6.46. The molecule has 1 N–H and O–H groups in total. The molecule has 2 aromatic heterocycles. The Morgan fingerprint density at radius 2 is 2.14 bits per heavy atom. The minimum atomic E-state index is -0.400. The van der Waals surface area contributed by atoms with Gasteiger partial charge in [-0.05, 0) is 30.0 Å². The van der Waals surface area contributed by atoms with Crippen LogP contribution in [0.1, 0.15) is 10.4 Å². The maximum atomic E-state index is 11.2. The molecule has 0 aliphatic rings. The monoisotopic (exact) mass is 299 g/mol. The predicted octanol–water partition coefficient (Wildman–Crippen LogP) is 4.13. The summed E-state index contributed by atoms with van der Waals surface area (Å²) in [5, 5.41) is 17.2. The van der Waals surface area contributed by atoms with Crippen LogP contribution < -0.4 is 5.32 Å². The molecule has 1 aromatic carbocycles. The highest BCUT2D eigenvalue weighted by Gasteiger charge is 2.17. The van der Waals surface area contributed by atoms with Crippen molar-refractivity contribution in [1.82, 2.24) is 4.98 Å². The van der Waals surface area contributed by atoms with Crippen LogP contribution in [0.2, 0.25) is 0 Å². The molecule has 2 heterocycles. The number of hydrogen-bond donors (Lipinski definition) is 1. The van der Waals surface area contributed by atoms with Crippen molar-refractivity contribution >= 4 is 33.6 Å². The van der Waals surface area contributed by atoms with E-state index in [1.165, 1.54) is 16.6 Å². The van der Waals surface area contributed by atoms with Crippen LogP contribution in [0.3, 0.4) is 0 Å². The summed E-state index contributed by atoms with van der Waals surface area (Å²) in [4.78, 5) is 16.1. The quantitative estimate of drug-likeness (QED) is 0.581. The lowest BCUT2D eigenvalue weighted by atomic mass is 10.1. The summed E-state index contributed by atoms with van der Waals surface area (Å²) in [6, 6.07) is 9.46. The summed E-state index contributed by atoms with van der Waals surface area (Å²) in [7, 11) is 0. The van der Waals surface area contributed by atoms with Crippen molar-refractivity contribution in [3.8, 4) is 0 Å². The zero-order valence-electron chi connectivity index (χ0n) is 11.4. The van der Waals surface area contributed by atoms with E-state index < -0.39 is 4.92 Å². The summed E-state index contributed by atoms with van der Waals surface area (Å²) < 4.78 is 0. The molecule has 21 heavy (non-hydrogen) atoms. The SMILES string of the molecule is Cc1ccsc1CNc1c([N+](=O)[O-])cnc2ccccc12. The number of nitro groups is 1. The Morgan fingerprint density at radius 3 is 2.86 bits per heavy atom. The first-order valence-corrected chi connectivity index (χ1v) is 7.34. The van der Waals surface area contributed by atoms with Crippen molar-refractivity contribution in [2.45, 2.75) is 13.5 Å². The van der Waals surface area contributed by atoms with Gasteiger partial charge in [0.25, 0.3) is 0 Å². The molecule has 0 aliphatic carbocycles. The van der Waals surface area contributed by atoms with Gasteiger partial charge in [0.2, 0.25) is 0 Å². The highest BCUT2D eigenvalue weighted by Crippen LogP contribution is 2.32. The molecule has 0 radical (unpaired) electrons. The van der Waals surface area contributed by atoms with Crippen LogP contribution in [0.15, 0.2) is 41.9 Å². The van der Waals surface area contributed by atoms with E-state index in [0.29, 0.717) is 12.2 Å². The lowest BCUT2D eigenvalue weighted by Crippen LogP contribution is -2.04. The largest absolute Gasteiger partial charge is 0.374 e. The normalized spacial score (nSPS) is 10.7. The van der Waals surface area contributed by atoms with Crippen molar-refractivity contribution in [2.75, 3.05) is 5.32 Å². The van der Waals surface area contributed by atoms with E-state index in [9.17, 15) is 10.1 Å². The van der Waals surface area contributed by atoms with Crippen LogP contribution in [0.4, 0.5) is 11.4 Å². The molecule has 3 rings (SSSR count). The zero-order chi connectivity index (χ0) is 14.8. The predicted molar refractivity (Wildman–Crippen MR) is 84.8 cm³/mol. The van der Waals surface area contributed by atoms with E-state index >= 15 is 0 Å². The van der Waals surface area contributed by atoms with Gasteiger partial charge in [0.15, 0.2) is 0 Å². The number of anilines is 1. The first kappa shape index (κ1) is 13.5. The molecule has 0 amide bonds. The minimum Gasteiger partial charge on any atom is -0.374 e. The van der Waals surface area contributed by atoms with E-state index in [0.717, 1.165) is 10.9 Å². The second-order valence-corrected chi connectivity index (χ2v) is 5.67. The highest BCUT2D eigenvalue weighted by atomic mass is 32.1. The third-order valence-electron chi connectivity index (χ3n) is 3.35. The minimum absolute atomic E-state index is 0.00269. The summed E-state index contributed by atoms with van der Waals surface area (Å²) in [6.07, 6.45) is 1.31. The van der Waals surface area contributed by atoms with Crippen molar-refractivity contribution in [3.05, 3.63) is 62.5 Å². The summed E-state index contributed by atoms with van der Waals surface area (Å²) >= 11 is 1.64. The maximum absolute atomic E-state index is 11.2. The van der Waals surface area contributed by atoms with Gasteiger partial charge in [-0.25, -0.2) is 4.98 Å². The van der Waals surface area contributed by atoms with Crippen molar-refractivity contribution < 1.29 is 4.92 Å². The topological polar surface area (TPSA) is 68.1 Å². The smallest absolute Gasteiger partial charge is 0.311 e. The number of rotatable bonds is 4. The Bertz CT molecular complexity index is 814. The van der Waals surface area contributed by atoms with E-state index in [1.54, 1.807) is 11.3 Å². The number of nitrogens with zero attached hydrogens (tertiary/aromatic N) is 2. The zero-order valence-corrected chi connectivity index (χ0v) is 12.2. The van der Waals surface area contributed by atoms with E-state index in [-0.39, 0.29) is 5.69 Å². The molecule has 0 bridgehead atoms. The van der Waals surface area contributed by atoms with Crippen LogP contribution in [0.5, 0.6) is 0 Å². The molecule has 6 heteroatoms. The Kier molecular flexibility index (Phi) is 3.53. The fraction of sp³-hybridized carbons (Fsp3) is 0.133. The van der Waals surface area contributed by atoms with Gasteiger partial charge in [-0.2, -0.15) is 0 Å². The van der Waals surface area contributed by atoms with Crippen LogP contribution in [0.25, 0.3) is 10.9 Å². The molecule has 0 unspecified atom stereocenters. The number of hydrogen-bond acceptors (Lipinski definition) is 5. The fourth-order valence-corrected chi connectivity index (χ4v) is 3.05. The van der Waals surface area contributed by atoms with Crippen molar-refractivity contribution in [2.24, 2.45) is 0 Å². The van der Waals surface area contributed by atoms with Crippen molar-refractivity contribution in [3.63, 3.8) is 0 Å². The fourth-order valence-electron chi connectivity index (χ4n) is 2.21. The Balaban J connectivity index is 2.04. The van der Waals surface area contributed by atoms with Gasteiger partial charge in [0.1, 0.15) is 11.9 Å². The van der Waals surface area contributed by atoms with Gasteiger partial charge in [-0.15, -0.1) is 11.3 Å². The standard InChI is InChI=1S/C15H13N3O2S/c1-10-6-7-21-14(10)9-17-15-11-4-2-3-5-12(11)16-8-13(15)18(19)20/h2-8H,9H2,1H3,(H,16,17). The van der Waals surface area contributed by atoms with E-state index in [2.05, 4.69) is 10.3 Å². The highest BCUT2D eigenvalue weighted by molar-refractivity contribution is 7.10. The number of para-hydroxylation sites is 1. The second kappa shape index (κ2) is 5.49. The van der Waals surface area contributed by atoms with Crippen LogP contribution in [-0.2, 0) is 6.54 Å². The van der Waals surface area contributed by atoms with Gasteiger partial charge in [-0.1, -0.05) is 18.2 Å². The molecule has 3 aromatic rings. The van der Waals surface area contributed by atoms with Gasteiger partial charge in [-0.3, -0.25) is 10.1 Å². The number of aromatic nitrogens is 1. The van der Waals surface area contributed by atoms with Gasteiger partial charge < -0.3 is 5.32 Å². The van der Waals surface area contributed by atoms with Gasteiger partial charge in [0, 0.05) is 16.8 Å². The number of thiophene rings is 1. The Morgan fingerprint density at radius 1 is 1.33 bits per heavy atom. The molecule has 0 saturated heterocycles. The summed E-state index contributed by atoms with van der Waals surface area (Å²) in [6.45, 7) is 2.60. The van der Waals surface area contributed by atoms with Gasteiger partial charge >= 0.3 is 5.69 Å². The number of aryl methyl sites for hydroxylation is 1. The average Bonchev–Trinajstić information content (AvgIpc) is 2.89. The Hall–Kier alpha value is -2.47. The third kappa shape index (κ3) is 2.57. The molecule has 106 valence electrons. The molecule has 0 fully saturated rings.